The number of carbonyl (C=O) groups excluding carboxylic acids is 4. The highest BCUT2D eigenvalue weighted by molar-refractivity contribution is 5.91. The van der Waals surface area contributed by atoms with Crippen molar-refractivity contribution in [2.45, 2.75) is 161 Å². The number of ketones is 1. The smallest absolute Gasteiger partial charge is 0.308 e. The number of fused-ring (bicyclic) bond motifs is 1. The number of aliphatic hydroxyl groups excluding tert-OH is 1. The second-order valence-corrected chi connectivity index (χ2v) is 14.8. The molecule has 2 saturated heterocycles. The molecule has 0 aromatic rings. The van der Waals surface area contributed by atoms with E-state index in [1.54, 1.807) is 26.0 Å². The van der Waals surface area contributed by atoms with Crippen molar-refractivity contribution in [3.63, 3.8) is 0 Å². The molecule has 0 aromatic heterocycles. The van der Waals surface area contributed by atoms with Crippen LogP contribution in [0.5, 0.6) is 0 Å². The van der Waals surface area contributed by atoms with Crippen LogP contribution in [0.25, 0.3) is 0 Å². The fourth-order valence-corrected chi connectivity index (χ4v) is 7.02. The van der Waals surface area contributed by atoms with Gasteiger partial charge in [0.1, 0.15) is 18.0 Å². The molecular formula is C38H63NO12. The van der Waals surface area contributed by atoms with E-state index in [1.807, 2.05) is 60.5 Å². The number of aldehydes is 1. The van der Waals surface area contributed by atoms with Crippen molar-refractivity contribution in [3.8, 4) is 0 Å². The number of nitrogens with zero attached hydrogens (tertiary/aromatic N) is 1. The molecule has 2 fully saturated rings. The molecule has 0 aromatic carbocycles. The van der Waals surface area contributed by atoms with Crippen LogP contribution in [0.1, 0.15) is 107 Å². The van der Waals surface area contributed by atoms with Gasteiger partial charge in [0.15, 0.2) is 18.2 Å². The Morgan fingerprint density at radius 2 is 1.71 bits per heavy atom. The molecule has 0 saturated carbocycles. The minimum absolute atomic E-state index is 0.0471. The Balaban J connectivity index is 0.00000168. The number of rotatable bonds is 10. The summed E-state index contributed by atoms with van der Waals surface area (Å²) in [6, 6.07) is -0.214. The van der Waals surface area contributed by atoms with Gasteiger partial charge >= 0.3 is 17.9 Å². The lowest BCUT2D eigenvalue weighted by Crippen LogP contribution is -2.57. The number of cyclic esters (lactones) is 1. The summed E-state index contributed by atoms with van der Waals surface area (Å²) in [5.74, 6) is -3.58. The van der Waals surface area contributed by atoms with Gasteiger partial charge in [-0.15, -0.1) is 0 Å². The number of aliphatic carboxylic acids is 1. The molecule has 3 heterocycles. The van der Waals surface area contributed by atoms with Gasteiger partial charge in [-0.3, -0.25) is 19.2 Å². The van der Waals surface area contributed by atoms with Gasteiger partial charge in [-0.2, -0.15) is 0 Å². The van der Waals surface area contributed by atoms with E-state index in [-0.39, 0.29) is 68.0 Å². The van der Waals surface area contributed by atoms with Gasteiger partial charge in [-0.25, -0.2) is 0 Å². The molecule has 13 heteroatoms. The number of esters is 2. The van der Waals surface area contributed by atoms with E-state index < -0.39 is 66.0 Å². The zero-order valence-corrected chi connectivity index (χ0v) is 32.2. The standard InChI is InChI=1S/C35H57NO10.C3H6O2/c1-10-12-29(40)44-32-25(36(8)9)18-21(4)42-34(32)45-31-22(5)27(39)19-30(41)43-28(11-2)23(6)33-35(7,46-33)15-13-26(38)20(3)17-24(31)14-16-37;1-2-3(4)5/h13,15-16,20-25,27-28,31-34,39H,10-12,14,17-19H2,1-9H3;2H2,1H3,(H,4,5)/b15-13+;/t20?,21-,22?,23?,24?,25+,27?,28?,31?,32-,33?,34+,35?;/m1./s1. The molecule has 0 bridgehead atoms. The van der Waals surface area contributed by atoms with Crippen LogP contribution in [0.4, 0.5) is 0 Å². The Bertz CT molecular complexity index is 1190. The van der Waals surface area contributed by atoms with Gasteiger partial charge in [0.05, 0.1) is 36.9 Å². The van der Waals surface area contributed by atoms with Crippen LogP contribution in [-0.4, -0.2) is 114 Å². The molecule has 51 heavy (non-hydrogen) atoms. The van der Waals surface area contributed by atoms with E-state index in [9.17, 15) is 29.1 Å². The van der Waals surface area contributed by atoms with Crippen molar-refractivity contribution in [2.24, 2.45) is 23.7 Å². The lowest BCUT2D eigenvalue weighted by Gasteiger charge is -2.45. The highest BCUT2D eigenvalue weighted by Crippen LogP contribution is 2.45. The van der Waals surface area contributed by atoms with Gasteiger partial charge < -0.3 is 43.6 Å². The van der Waals surface area contributed by atoms with Crippen LogP contribution >= 0.6 is 0 Å². The Hall–Kier alpha value is -2.71. The van der Waals surface area contributed by atoms with Crippen molar-refractivity contribution >= 4 is 30.0 Å². The summed E-state index contributed by atoms with van der Waals surface area (Å²) in [5, 5.41) is 19.2. The highest BCUT2D eigenvalue weighted by atomic mass is 16.7. The number of hydrogen-bond acceptors (Lipinski definition) is 12. The maximum atomic E-state index is 13.4. The fourth-order valence-electron chi connectivity index (χ4n) is 7.02. The maximum Gasteiger partial charge on any atom is 0.308 e. The Kier molecular flexibility index (Phi) is 17.9. The van der Waals surface area contributed by atoms with Crippen LogP contribution in [0.15, 0.2) is 12.2 Å². The first kappa shape index (κ1) is 44.5. The van der Waals surface area contributed by atoms with Crippen LogP contribution in [0.3, 0.4) is 0 Å². The summed E-state index contributed by atoms with van der Waals surface area (Å²) in [6.45, 7) is 14.8. The topological polar surface area (TPSA) is 178 Å². The Labute approximate surface area is 303 Å². The van der Waals surface area contributed by atoms with Crippen LogP contribution in [0, 0.1) is 23.7 Å². The number of epoxide rings is 1. The first-order chi connectivity index (χ1) is 23.9. The SMILES string of the molecule is CCC(=O)O.CCCC(=O)O[C@H]1[C@H](OC2C(CC=O)CC(C)C(=O)/C=C/C3(C)OC3C(C)C(CC)OC(=O)CC(O)C2C)O[C@H](C)C[C@@H]1N(C)C. The second kappa shape index (κ2) is 20.5. The van der Waals surface area contributed by atoms with E-state index in [0.717, 1.165) is 6.29 Å². The number of ether oxygens (including phenoxy) is 5. The predicted molar refractivity (Wildman–Crippen MR) is 189 cm³/mol. The molecule has 292 valence electrons. The van der Waals surface area contributed by atoms with Crippen molar-refractivity contribution in [1.82, 2.24) is 4.90 Å². The first-order valence-corrected chi connectivity index (χ1v) is 18.5. The molecule has 0 amide bonds. The second-order valence-electron chi connectivity index (χ2n) is 14.8. The van der Waals surface area contributed by atoms with Crippen molar-refractivity contribution in [3.05, 3.63) is 12.2 Å². The lowest BCUT2D eigenvalue weighted by molar-refractivity contribution is -0.287. The molecule has 13 nitrogen and oxygen atoms in total. The van der Waals surface area contributed by atoms with E-state index in [2.05, 4.69) is 0 Å². The monoisotopic (exact) mass is 725 g/mol. The minimum atomic E-state index is -1.19. The maximum absolute atomic E-state index is 13.4. The highest BCUT2D eigenvalue weighted by Gasteiger charge is 2.55. The van der Waals surface area contributed by atoms with Gasteiger partial charge in [0.2, 0.25) is 0 Å². The predicted octanol–water partition coefficient (Wildman–Crippen LogP) is 4.50. The van der Waals surface area contributed by atoms with Crippen molar-refractivity contribution < 1.29 is 57.9 Å². The minimum Gasteiger partial charge on any atom is -0.481 e. The fraction of sp³-hybridized carbons (Fsp3) is 0.816. The zero-order valence-electron chi connectivity index (χ0n) is 32.2. The van der Waals surface area contributed by atoms with Crippen molar-refractivity contribution in [1.29, 1.82) is 0 Å². The van der Waals surface area contributed by atoms with Gasteiger partial charge in [0.25, 0.3) is 0 Å². The molecular weight excluding hydrogens is 662 g/mol. The van der Waals surface area contributed by atoms with E-state index in [0.29, 0.717) is 19.3 Å². The molecule has 0 spiro atoms. The van der Waals surface area contributed by atoms with Crippen LogP contribution in [0.2, 0.25) is 0 Å². The summed E-state index contributed by atoms with van der Waals surface area (Å²) in [7, 11) is 3.81. The normalized spacial score (nSPS) is 38.4. The molecule has 13 atom stereocenters. The third-order valence-electron chi connectivity index (χ3n) is 10.3. The number of carboxylic acids is 1. The molecule has 3 rings (SSSR count). The lowest BCUT2D eigenvalue weighted by atomic mass is 9.79. The first-order valence-electron chi connectivity index (χ1n) is 18.5. The number of likely N-dealkylation sites (N-methyl/N-ethyl adjacent to an activating group) is 1. The molecule has 3 aliphatic heterocycles. The molecule has 2 N–H and O–H groups in total. The Morgan fingerprint density at radius 1 is 1.06 bits per heavy atom. The van der Waals surface area contributed by atoms with Gasteiger partial charge in [0, 0.05) is 37.0 Å². The molecule has 0 aliphatic carbocycles. The summed E-state index contributed by atoms with van der Waals surface area (Å²) >= 11 is 0. The van der Waals surface area contributed by atoms with Gasteiger partial charge in [-0.05, 0) is 71.7 Å². The van der Waals surface area contributed by atoms with Crippen LogP contribution in [-0.2, 0) is 47.7 Å². The third-order valence-corrected chi connectivity index (χ3v) is 10.3. The number of allylic oxidation sites excluding steroid dienone is 1. The summed E-state index contributed by atoms with van der Waals surface area (Å²) in [6.07, 6.45) is 1.67. The van der Waals surface area contributed by atoms with Gasteiger partial charge in [-0.1, -0.05) is 41.5 Å². The molecule has 3 aliphatic rings. The summed E-state index contributed by atoms with van der Waals surface area (Å²) < 4.78 is 30.8. The average Bonchev–Trinajstić information content (AvgIpc) is 3.75. The van der Waals surface area contributed by atoms with E-state index in [4.69, 9.17) is 28.8 Å². The van der Waals surface area contributed by atoms with Crippen LogP contribution < -0.4 is 0 Å². The molecule has 9 unspecified atom stereocenters. The van der Waals surface area contributed by atoms with E-state index >= 15 is 0 Å². The van der Waals surface area contributed by atoms with E-state index in [1.165, 1.54) is 0 Å². The average molecular weight is 726 g/mol. The third kappa shape index (κ3) is 13.0. The Morgan fingerprint density at radius 3 is 2.25 bits per heavy atom. The zero-order chi connectivity index (χ0) is 38.6. The van der Waals surface area contributed by atoms with Crippen molar-refractivity contribution in [2.75, 3.05) is 14.1 Å². The number of aliphatic hydroxyl groups is 1. The largest absolute Gasteiger partial charge is 0.481 e. The number of hydrogen-bond donors (Lipinski definition) is 2. The summed E-state index contributed by atoms with van der Waals surface area (Å²) in [4.78, 5) is 62.7. The number of carboxylic acid groups (broad SMARTS) is 1. The summed E-state index contributed by atoms with van der Waals surface area (Å²) in [5.41, 5.74) is -0.657. The number of carbonyl (C=O) groups is 5. The molecule has 0 radical (unpaired) electrons. The quantitative estimate of drug-likeness (QED) is 0.183.